The first-order valence-electron chi connectivity index (χ1n) is 8.40. The van der Waals surface area contributed by atoms with Crippen molar-refractivity contribution >= 4 is 28.5 Å². The minimum atomic E-state index is -1.35. The molecule has 1 saturated carbocycles. The van der Waals surface area contributed by atoms with Crippen LogP contribution in [0.3, 0.4) is 0 Å². The van der Waals surface area contributed by atoms with E-state index in [1.165, 1.54) is 12.3 Å². The smallest absolute Gasteiger partial charge is 0.341 e. The van der Waals surface area contributed by atoms with E-state index < -0.39 is 21.9 Å². The number of aromatic nitrogens is 2. The Balaban J connectivity index is 2.01. The van der Waals surface area contributed by atoms with Crippen LogP contribution in [0.25, 0.3) is 11.0 Å². The molecule has 2 N–H and O–H groups in total. The number of carbonyl (C=O) groups is 1. The summed E-state index contributed by atoms with van der Waals surface area (Å²) in [5.41, 5.74) is -1.11. The fourth-order valence-corrected chi connectivity index (χ4v) is 3.28. The van der Waals surface area contributed by atoms with Gasteiger partial charge in [-0.05, 0) is 12.8 Å². The van der Waals surface area contributed by atoms with Gasteiger partial charge in [-0.15, -0.1) is 0 Å². The number of hydrogen-bond donors (Lipinski definition) is 2. The summed E-state index contributed by atoms with van der Waals surface area (Å²) in [4.78, 5) is 41.2. The van der Waals surface area contributed by atoms with E-state index in [1.807, 2.05) is 4.90 Å². The van der Waals surface area contributed by atoms with Gasteiger partial charge in [-0.1, -0.05) is 0 Å². The van der Waals surface area contributed by atoms with Gasteiger partial charge in [0.05, 0.1) is 10.3 Å². The first-order chi connectivity index (χ1) is 12.5. The van der Waals surface area contributed by atoms with Gasteiger partial charge in [0.2, 0.25) is 11.2 Å². The molecular formula is C16H17N5O5. The molecule has 3 heterocycles. The number of hydrogen-bond acceptors (Lipinski definition) is 7. The topological polar surface area (TPSA) is 131 Å². The van der Waals surface area contributed by atoms with E-state index in [9.17, 15) is 24.8 Å². The molecule has 0 spiro atoms. The van der Waals surface area contributed by atoms with Crippen LogP contribution >= 0.6 is 0 Å². The maximum absolute atomic E-state index is 12.5. The number of rotatable bonds is 4. The van der Waals surface area contributed by atoms with Crippen molar-refractivity contribution in [1.82, 2.24) is 14.9 Å². The van der Waals surface area contributed by atoms with E-state index in [-0.39, 0.29) is 22.9 Å². The van der Waals surface area contributed by atoms with E-state index in [0.717, 1.165) is 12.8 Å². The van der Waals surface area contributed by atoms with Gasteiger partial charge in [-0.2, -0.15) is 0 Å². The second-order valence-corrected chi connectivity index (χ2v) is 6.51. The van der Waals surface area contributed by atoms with Crippen molar-refractivity contribution in [3.05, 3.63) is 38.2 Å². The third kappa shape index (κ3) is 2.68. The Kier molecular flexibility index (Phi) is 3.83. The zero-order chi connectivity index (χ0) is 18.4. The molecule has 2 aliphatic rings. The Bertz CT molecular complexity index is 975. The molecule has 136 valence electrons. The zero-order valence-corrected chi connectivity index (χ0v) is 13.8. The number of fused-ring (bicyclic) bond motifs is 1. The molecule has 0 bridgehead atoms. The quantitative estimate of drug-likeness (QED) is 0.604. The maximum Gasteiger partial charge on any atom is 0.341 e. The lowest BCUT2D eigenvalue weighted by atomic mass is 10.1. The summed E-state index contributed by atoms with van der Waals surface area (Å²) in [5, 5.41) is 24.0. The van der Waals surface area contributed by atoms with Gasteiger partial charge in [0, 0.05) is 44.5 Å². The average Bonchev–Trinajstić information content (AvgIpc) is 3.46. The number of carboxylic acid groups (broad SMARTS) is 1. The third-order valence-electron chi connectivity index (χ3n) is 4.75. The lowest BCUT2D eigenvalue weighted by Crippen LogP contribution is -2.44. The lowest BCUT2D eigenvalue weighted by molar-refractivity contribution is -0.384. The fourth-order valence-electron chi connectivity index (χ4n) is 3.28. The standard InChI is InChI=1S/C16H17N5O5/c22-13-10-7-12(21(25)26)15(19-5-3-17-4-6-19)18-14(10)20(9-1-2-9)8-11(13)16(23)24/h7-9,17H,1-6H2,(H,23,24). The maximum atomic E-state index is 12.5. The highest BCUT2D eigenvalue weighted by Crippen LogP contribution is 2.38. The predicted molar refractivity (Wildman–Crippen MR) is 93.0 cm³/mol. The average molecular weight is 359 g/mol. The zero-order valence-electron chi connectivity index (χ0n) is 13.8. The monoisotopic (exact) mass is 359 g/mol. The summed E-state index contributed by atoms with van der Waals surface area (Å²) >= 11 is 0. The van der Waals surface area contributed by atoms with Crippen molar-refractivity contribution in [2.24, 2.45) is 0 Å². The molecule has 10 nitrogen and oxygen atoms in total. The molecule has 0 unspecified atom stereocenters. The molecule has 2 fully saturated rings. The van der Waals surface area contributed by atoms with Crippen LogP contribution in [0.5, 0.6) is 0 Å². The Morgan fingerprint density at radius 1 is 1.35 bits per heavy atom. The van der Waals surface area contributed by atoms with Crippen molar-refractivity contribution in [2.45, 2.75) is 18.9 Å². The van der Waals surface area contributed by atoms with Gasteiger partial charge in [0.15, 0.2) is 0 Å². The van der Waals surface area contributed by atoms with Crippen molar-refractivity contribution in [3.63, 3.8) is 0 Å². The van der Waals surface area contributed by atoms with Crippen LogP contribution in [0, 0.1) is 10.1 Å². The summed E-state index contributed by atoms with van der Waals surface area (Å²) in [6.45, 7) is 2.51. The number of carboxylic acids is 1. The van der Waals surface area contributed by atoms with Crippen LogP contribution in [-0.2, 0) is 0 Å². The van der Waals surface area contributed by atoms with Crippen molar-refractivity contribution in [3.8, 4) is 0 Å². The van der Waals surface area contributed by atoms with Gasteiger partial charge < -0.3 is 19.9 Å². The van der Waals surface area contributed by atoms with E-state index in [2.05, 4.69) is 10.3 Å². The number of aromatic carboxylic acids is 1. The van der Waals surface area contributed by atoms with E-state index in [4.69, 9.17) is 0 Å². The van der Waals surface area contributed by atoms with Crippen molar-refractivity contribution in [2.75, 3.05) is 31.1 Å². The molecule has 0 atom stereocenters. The normalized spacial score (nSPS) is 17.5. The van der Waals surface area contributed by atoms with Crippen molar-refractivity contribution in [1.29, 1.82) is 0 Å². The van der Waals surface area contributed by atoms with Crippen LogP contribution < -0.4 is 15.6 Å². The first-order valence-corrected chi connectivity index (χ1v) is 8.40. The Hall–Kier alpha value is -3.01. The van der Waals surface area contributed by atoms with Gasteiger partial charge in [-0.25, -0.2) is 9.78 Å². The summed E-state index contributed by atoms with van der Waals surface area (Å²) in [6, 6.07) is 1.24. The molecule has 0 aromatic carbocycles. The minimum Gasteiger partial charge on any atom is -0.477 e. The molecule has 2 aromatic rings. The highest BCUT2D eigenvalue weighted by molar-refractivity contribution is 5.93. The molecular weight excluding hydrogens is 342 g/mol. The second kappa shape index (κ2) is 6.06. The van der Waals surface area contributed by atoms with Crippen LogP contribution in [-0.4, -0.2) is 51.7 Å². The number of pyridine rings is 2. The molecule has 26 heavy (non-hydrogen) atoms. The Morgan fingerprint density at radius 3 is 2.62 bits per heavy atom. The van der Waals surface area contributed by atoms with Crippen LogP contribution in [0.1, 0.15) is 29.2 Å². The Morgan fingerprint density at radius 2 is 2.04 bits per heavy atom. The number of nitrogens with zero attached hydrogens (tertiary/aromatic N) is 4. The van der Waals surface area contributed by atoms with E-state index in [1.54, 1.807) is 4.57 Å². The summed E-state index contributed by atoms with van der Waals surface area (Å²) < 4.78 is 1.68. The number of anilines is 1. The first kappa shape index (κ1) is 16.5. The molecule has 10 heteroatoms. The molecule has 0 radical (unpaired) electrons. The highest BCUT2D eigenvalue weighted by atomic mass is 16.6. The summed E-state index contributed by atoms with van der Waals surface area (Å²) in [7, 11) is 0. The van der Waals surface area contributed by atoms with Crippen LogP contribution in [0.15, 0.2) is 17.1 Å². The summed E-state index contributed by atoms with van der Waals surface area (Å²) in [5.74, 6) is -1.12. The predicted octanol–water partition coefficient (Wildman–Crippen LogP) is 0.747. The van der Waals surface area contributed by atoms with Gasteiger partial charge in [0.25, 0.3) is 0 Å². The van der Waals surface area contributed by atoms with Gasteiger partial charge in [0.1, 0.15) is 11.2 Å². The number of piperazine rings is 1. The van der Waals surface area contributed by atoms with Gasteiger partial charge in [-0.3, -0.25) is 14.9 Å². The number of nitro groups is 1. The number of nitrogens with one attached hydrogen (secondary N) is 1. The largest absolute Gasteiger partial charge is 0.477 e. The van der Waals surface area contributed by atoms with E-state index in [0.29, 0.717) is 31.8 Å². The minimum absolute atomic E-state index is 0.0256. The fraction of sp³-hybridized carbons (Fsp3) is 0.438. The molecule has 1 saturated heterocycles. The second-order valence-electron chi connectivity index (χ2n) is 6.51. The van der Waals surface area contributed by atoms with Crippen molar-refractivity contribution < 1.29 is 14.8 Å². The highest BCUT2D eigenvalue weighted by Gasteiger charge is 2.31. The lowest BCUT2D eigenvalue weighted by Gasteiger charge is -2.28. The third-order valence-corrected chi connectivity index (χ3v) is 4.75. The SMILES string of the molecule is O=C(O)c1cn(C2CC2)c2nc(N3CCNCC3)c([N+](=O)[O-])cc2c1=O. The van der Waals surface area contributed by atoms with Gasteiger partial charge >= 0.3 is 11.7 Å². The van der Waals surface area contributed by atoms with Crippen LogP contribution in [0.4, 0.5) is 11.5 Å². The molecule has 4 rings (SSSR count). The summed E-state index contributed by atoms with van der Waals surface area (Å²) in [6.07, 6.45) is 3.03. The molecule has 2 aromatic heterocycles. The molecule has 1 aliphatic carbocycles. The Labute approximate surface area is 147 Å². The van der Waals surface area contributed by atoms with E-state index >= 15 is 0 Å². The molecule has 1 aliphatic heterocycles. The van der Waals surface area contributed by atoms with Crippen LogP contribution in [0.2, 0.25) is 0 Å². The molecule has 0 amide bonds.